The minimum absolute atomic E-state index is 0.0310. The Morgan fingerprint density at radius 3 is 2.47 bits per heavy atom. The van der Waals surface area contributed by atoms with E-state index in [9.17, 15) is 15.0 Å². The van der Waals surface area contributed by atoms with Gasteiger partial charge in [-0.15, -0.1) is 0 Å². The molecule has 0 bridgehead atoms. The average molecular weight is 419 g/mol. The number of aliphatic hydroxyl groups is 2. The van der Waals surface area contributed by atoms with Crippen LogP contribution in [0.4, 0.5) is 0 Å². The number of rotatable bonds is 5. The maximum atomic E-state index is 13.3. The van der Waals surface area contributed by atoms with Crippen LogP contribution in [0, 0.1) is 46.3 Å². The third-order valence-corrected chi connectivity index (χ3v) is 11.2. The van der Waals surface area contributed by atoms with Gasteiger partial charge in [-0.25, -0.2) is 0 Å². The van der Waals surface area contributed by atoms with Gasteiger partial charge in [-0.2, -0.15) is 0 Å². The summed E-state index contributed by atoms with van der Waals surface area (Å²) in [4.78, 5) is 13.3. The molecular formula is C27H46O3. The fourth-order valence-electron chi connectivity index (χ4n) is 8.62. The van der Waals surface area contributed by atoms with Crippen LogP contribution in [-0.2, 0) is 4.79 Å². The first-order valence-corrected chi connectivity index (χ1v) is 13.0. The van der Waals surface area contributed by atoms with Gasteiger partial charge in [-0.05, 0) is 85.9 Å². The van der Waals surface area contributed by atoms with Gasteiger partial charge in [-0.3, -0.25) is 4.79 Å². The summed E-state index contributed by atoms with van der Waals surface area (Å²) in [5, 5.41) is 21.7. The van der Waals surface area contributed by atoms with Crippen LogP contribution in [-0.4, -0.2) is 27.7 Å². The van der Waals surface area contributed by atoms with Crippen LogP contribution in [0.2, 0.25) is 0 Å². The molecule has 4 rings (SSSR count). The molecule has 172 valence electrons. The SMILES string of the molecule is CC(C)C(C)CCCC1CCC2C3CC(=O)[C@@]4(O)C[C@@H](O)CCC4(C)C3CC[C@]12C. The highest BCUT2D eigenvalue weighted by Crippen LogP contribution is 2.68. The third kappa shape index (κ3) is 3.33. The first-order chi connectivity index (χ1) is 14.0. The zero-order chi connectivity index (χ0) is 21.9. The van der Waals surface area contributed by atoms with E-state index in [1.807, 2.05) is 0 Å². The van der Waals surface area contributed by atoms with E-state index in [1.54, 1.807) is 0 Å². The molecule has 0 heterocycles. The van der Waals surface area contributed by atoms with Crippen LogP contribution in [0.25, 0.3) is 0 Å². The molecule has 4 fully saturated rings. The summed E-state index contributed by atoms with van der Waals surface area (Å²) in [6, 6.07) is 0. The summed E-state index contributed by atoms with van der Waals surface area (Å²) in [7, 11) is 0. The number of carbonyl (C=O) groups is 1. The molecule has 2 N–H and O–H groups in total. The lowest BCUT2D eigenvalue weighted by molar-refractivity contribution is -0.213. The summed E-state index contributed by atoms with van der Waals surface area (Å²) in [5.41, 5.74) is -1.27. The molecule has 0 aromatic heterocycles. The summed E-state index contributed by atoms with van der Waals surface area (Å²) >= 11 is 0. The number of carbonyl (C=O) groups excluding carboxylic acids is 1. The number of ketones is 1. The van der Waals surface area contributed by atoms with Crippen LogP contribution in [0.15, 0.2) is 0 Å². The molecule has 3 heteroatoms. The molecule has 0 aromatic rings. The normalized spacial score (nSPS) is 49.5. The van der Waals surface area contributed by atoms with E-state index in [0.717, 1.165) is 37.0 Å². The van der Waals surface area contributed by atoms with Crippen molar-refractivity contribution in [2.75, 3.05) is 0 Å². The maximum Gasteiger partial charge on any atom is 0.165 e. The van der Waals surface area contributed by atoms with Crippen LogP contribution in [0.5, 0.6) is 0 Å². The number of hydrogen-bond acceptors (Lipinski definition) is 3. The molecule has 0 spiro atoms. The molecule has 4 saturated carbocycles. The zero-order valence-electron chi connectivity index (χ0n) is 20.1. The van der Waals surface area contributed by atoms with Crippen LogP contribution in [0.1, 0.15) is 105 Å². The second kappa shape index (κ2) is 7.87. The lowest BCUT2D eigenvalue weighted by Gasteiger charge is -2.63. The van der Waals surface area contributed by atoms with Crippen molar-refractivity contribution < 1.29 is 15.0 Å². The van der Waals surface area contributed by atoms with Gasteiger partial charge in [0.2, 0.25) is 0 Å². The molecule has 0 aliphatic heterocycles. The Hall–Kier alpha value is -0.410. The fraction of sp³-hybridized carbons (Fsp3) is 0.963. The quantitative estimate of drug-likeness (QED) is 0.596. The molecule has 30 heavy (non-hydrogen) atoms. The number of hydrogen-bond donors (Lipinski definition) is 2. The van der Waals surface area contributed by atoms with Crippen molar-refractivity contribution in [3.05, 3.63) is 0 Å². The lowest BCUT2D eigenvalue weighted by atomic mass is 9.43. The van der Waals surface area contributed by atoms with Crippen molar-refractivity contribution in [2.45, 2.75) is 117 Å². The molecule has 4 aliphatic carbocycles. The Labute approximate surface area is 184 Å². The van der Waals surface area contributed by atoms with Crippen LogP contribution in [0.3, 0.4) is 0 Å². The van der Waals surface area contributed by atoms with Gasteiger partial charge < -0.3 is 10.2 Å². The monoisotopic (exact) mass is 418 g/mol. The van der Waals surface area contributed by atoms with Crippen molar-refractivity contribution >= 4 is 5.78 Å². The van der Waals surface area contributed by atoms with E-state index in [1.165, 1.54) is 38.5 Å². The summed E-state index contributed by atoms with van der Waals surface area (Å²) in [5.74, 6) is 3.93. The van der Waals surface area contributed by atoms with Crippen molar-refractivity contribution in [3.63, 3.8) is 0 Å². The Bertz CT molecular complexity index is 658. The summed E-state index contributed by atoms with van der Waals surface area (Å²) < 4.78 is 0. The topological polar surface area (TPSA) is 57.5 Å². The van der Waals surface area contributed by atoms with Gasteiger partial charge in [0.05, 0.1) is 6.10 Å². The largest absolute Gasteiger partial charge is 0.393 e. The summed E-state index contributed by atoms with van der Waals surface area (Å²) in [6.07, 6.45) is 10.8. The first-order valence-electron chi connectivity index (χ1n) is 13.0. The average Bonchev–Trinajstić information content (AvgIpc) is 3.01. The fourth-order valence-corrected chi connectivity index (χ4v) is 8.62. The second-order valence-electron chi connectivity index (χ2n) is 12.6. The van der Waals surface area contributed by atoms with Crippen molar-refractivity contribution in [2.24, 2.45) is 46.3 Å². The third-order valence-electron chi connectivity index (χ3n) is 11.2. The number of Topliss-reactive ketones (excluding diaryl/α,β-unsaturated/α-hetero) is 1. The second-order valence-corrected chi connectivity index (χ2v) is 12.6. The van der Waals surface area contributed by atoms with Crippen LogP contribution >= 0.6 is 0 Å². The predicted molar refractivity (Wildman–Crippen MR) is 121 cm³/mol. The Kier molecular flexibility index (Phi) is 5.97. The van der Waals surface area contributed by atoms with E-state index < -0.39 is 11.7 Å². The van der Waals surface area contributed by atoms with E-state index in [4.69, 9.17) is 0 Å². The summed E-state index contributed by atoms with van der Waals surface area (Å²) in [6.45, 7) is 11.8. The Morgan fingerprint density at radius 2 is 1.77 bits per heavy atom. The highest BCUT2D eigenvalue weighted by Gasteiger charge is 2.67. The van der Waals surface area contributed by atoms with Crippen molar-refractivity contribution in [1.29, 1.82) is 0 Å². The number of fused-ring (bicyclic) bond motifs is 5. The van der Waals surface area contributed by atoms with E-state index >= 15 is 0 Å². The zero-order valence-corrected chi connectivity index (χ0v) is 20.1. The van der Waals surface area contributed by atoms with Crippen molar-refractivity contribution in [1.82, 2.24) is 0 Å². The van der Waals surface area contributed by atoms with E-state index in [0.29, 0.717) is 29.6 Å². The van der Waals surface area contributed by atoms with Gasteiger partial charge in [0.1, 0.15) is 5.60 Å². The highest BCUT2D eigenvalue weighted by atomic mass is 16.3. The predicted octanol–water partition coefficient (Wildman–Crippen LogP) is 5.76. The smallest absolute Gasteiger partial charge is 0.165 e. The minimum atomic E-state index is -1.30. The number of aliphatic hydroxyl groups excluding tert-OH is 1. The standard InChI is InChI=1S/C27H46O3/c1-17(2)18(3)7-6-8-19-9-10-22-21-15-24(29)27(30)16-20(28)11-14-26(27,5)23(21)12-13-25(19,22)4/h17-23,28,30H,6-16H2,1-5H3/t18?,19?,20-,21?,22?,23?,25+,26?,27-/m0/s1. The minimum Gasteiger partial charge on any atom is -0.393 e. The molecule has 0 amide bonds. The van der Waals surface area contributed by atoms with Gasteiger partial charge in [0.15, 0.2) is 5.78 Å². The molecule has 9 atom stereocenters. The molecule has 3 nitrogen and oxygen atoms in total. The van der Waals surface area contributed by atoms with Crippen molar-refractivity contribution in [3.8, 4) is 0 Å². The highest BCUT2D eigenvalue weighted by molar-refractivity contribution is 5.89. The Morgan fingerprint density at radius 1 is 1.03 bits per heavy atom. The van der Waals surface area contributed by atoms with Crippen LogP contribution < -0.4 is 0 Å². The molecule has 0 saturated heterocycles. The molecule has 6 unspecified atom stereocenters. The Balaban J connectivity index is 1.50. The van der Waals surface area contributed by atoms with E-state index in [-0.39, 0.29) is 17.6 Å². The molecular weight excluding hydrogens is 372 g/mol. The lowest BCUT2D eigenvalue weighted by Crippen LogP contribution is -2.67. The van der Waals surface area contributed by atoms with Gasteiger partial charge in [0, 0.05) is 18.3 Å². The first kappa shape index (κ1) is 22.8. The maximum absolute atomic E-state index is 13.3. The molecule has 0 aromatic carbocycles. The molecule has 4 aliphatic rings. The molecule has 0 radical (unpaired) electrons. The van der Waals surface area contributed by atoms with Gasteiger partial charge in [0.25, 0.3) is 0 Å². The van der Waals surface area contributed by atoms with E-state index in [2.05, 4.69) is 34.6 Å². The van der Waals surface area contributed by atoms with Gasteiger partial charge >= 0.3 is 0 Å². The van der Waals surface area contributed by atoms with Gasteiger partial charge in [-0.1, -0.05) is 47.5 Å².